The van der Waals surface area contributed by atoms with Crippen LogP contribution >= 0.6 is 11.6 Å². The van der Waals surface area contributed by atoms with Crippen molar-refractivity contribution in [1.82, 2.24) is 10.2 Å². The van der Waals surface area contributed by atoms with Gasteiger partial charge in [-0.25, -0.2) is 8.42 Å². The van der Waals surface area contributed by atoms with E-state index in [0.717, 1.165) is 10.9 Å². The maximum atomic E-state index is 13.4. The molecule has 3 aromatic rings. The van der Waals surface area contributed by atoms with E-state index in [2.05, 4.69) is 5.32 Å². The molecule has 9 heteroatoms. The molecule has 35 heavy (non-hydrogen) atoms. The average Bonchev–Trinajstić information content (AvgIpc) is 3.07. The van der Waals surface area contributed by atoms with E-state index in [1.165, 1.54) is 9.21 Å². The molecule has 184 valence electrons. The molecule has 0 saturated carbocycles. The number of sulfonamides is 1. The van der Waals surface area contributed by atoms with Crippen molar-refractivity contribution >= 4 is 49.9 Å². The molecule has 4 rings (SSSR count). The molecule has 1 atom stereocenters. The van der Waals surface area contributed by atoms with E-state index in [4.69, 9.17) is 11.6 Å². The molecular formula is C26H28ClN3O4S. The Morgan fingerprint density at radius 3 is 2.46 bits per heavy atom. The lowest BCUT2D eigenvalue weighted by Crippen LogP contribution is -2.48. The molecule has 3 aromatic carbocycles. The molecule has 0 aromatic heterocycles. The lowest BCUT2D eigenvalue weighted by molar-refractivity contribution is -0.141. The summed E-state index contributed by atoms with van der Waals surface area (Å²) in [5.41, 5.74) is 1.38. The van der Waals surface area contributed by atoms with Crippen LogP contribution in [-0.4, -0.2) is 44.8 Å². The first-order valence-electron chi connectivity index (χ1n) is 11.6. The van der Waals surface area contributed by atoms with Crippen LogP contribution in [0.1, 0.15) is 31.7 Å². The van der Waals surface area contributed by atoms with Crippen LogP contribution in [0, 0.1) is 0 Å². The summed E-state index contributed by atoms with van der Waals surface area (Å²) in [6.07, 6.45) is 0.843. The molecule has 7 nitrogen and oxygen atoms in total. The van der Waals surface area contributed by atoms with Gasteiger partial charge in [0.25, 0.3) is 10.0 Å². The smallest absolute Gasteiger partial charge is 0.265 e. The molecule has 0 radical (unpaired) electrons. The fourth-order valence-electron chi connectivity index (χ4n) is 4.61. The first-order valence-corrected chi connectivity index (χ1v) is 13.4. The summed E-state index contributed by atoms with van der Waals surface area (Å²) < 4.78 is 27.8. The van der Waals surface area contributed by atoms with Crippen molar-refractivity contribution in [3.05, 3.63) is 71.2 Å². The van der Waals surface area contributed by atoms with E-state index in [1.54, 1.807) is 31.3 Å². The molecule has 0 saturated heterocycles. The van der Waals surface area contributed by atoms with Crippen molar-refractivity contribution in [1.29, 1.82) is 0 Å². The van der Waals surface area contributed by atoms with Gasteiger partial charge >= 0.3 is 0 Å². The number of rotatable bonds is 9. The summed E-state index contributed by atoms with van der Waals surface area (Å²) in [4.78, 5) is 27.7. The molecule has 0 aliphatic carbocycles. The molecule has 1 aliphatic heterocycles. The average molecular weight is 514 g/mol. The maximum absolute atomic E-state index is 13.4. The largest absolute Gasteiger partial charge is 0.357 e. The predicted octanol–water partition coefficient (Wildman–Crippen LogP) is 4.34. The fraction of sp³-hybridized carbons (Fsp3) is 0.308. The third kappa shape index (κ3) is 4.73. The predicted molar refractivity (Wildman–Crippen MR) is 138 cm³/mol. The van der Waals surface area contributed by atoms with E-state index in [9.17, 15) is 18.0 Å². The standard InChI is InChI=1S/C26H28ClN3O4S/c1-3-21(26(32)28-2)29(17-19-9-4-5-12-20(19)27)24(31)15-8-16-30-22-13-6-10-18-11-7-14-23(25(18)22)35(30,33)34/h4-7,9-14,21H,3,8,15-17H2,1-2H3,(H,28,32)/t21-/m1/s1. The molecule has 0 unspecified atom stereocenters. The Labute approximate surface area is 210 Å². The van der Waals surface area contributed by atoms with Gasteiger partial charge in [0, 0.05) is 37.0 Å². The number of nitrogens with one attached hydrogen (secondary N) is 1. The number of hydrogen-bond donors (Lipinski definition) is 1. The van der Waals surface area contributed by atoms with Gasteiger partial charge in [0.15, 0.2) is 0 Å². The minimum absolute atomic E-state index is 0.0935. The highest BCUT2D eigenvalue weighted by molar-refractivity contribution is 7.93. The van der Waals surface area contributed by atoms with Crippen LogP contribution in [0.5, 0.6) is 0 Å². The Hall–Kier alpha value is -3.10. The van der Waals surface area contributed by atoms with Gasteiger partial charge in [-0.2, -0.15) is 0 Å². The molecule has 0 bridgehead atoms. The number of amides is 2. The monoisotopic (exact) mass is 513 g/mol. The minimum Gasteiger partial charge on any atom is -0.357 e. The van der Waals surface area contributed by atoms with Crippen LogP contribution in [0.15, 0.2) is 65.6 Å². The summed E-state index contributed by atoms with van der Waals surface area (Å²) in [7, 11) is -2.14. The van der Waals surface area contributed by atoms with E-state index >= 15 is 0 Å². The summed E-state index contributed by atoms with van der Waals surface area (Å²) >= 11 is 6.33. The van der Waals surface area contributed by atoms with Crippen LogP contribution < -0.4 is 9.62 Å². The summed E-state index contributed by atoms with van der Waals surface area (Å²) in [5, 5.41) is 4.73. The van der Waals surface area contributed by atoms with E-state index in [0.29, 0.717) is 33.8 Å². The second-order valence-electron chi connectivity index (χ2n) is 8.46. The lowest BCUT2D eigenvalue weighted by atomic mass is 10.1. The highest BCUT2D eigenvalue weighted by Crippen LogP contribution is 2.42. The lowest BCUT2D eigenvalue weighted by Gasteiger charge is -2.31. The number of carbonyl (C=O) groups is 2. The number of nitrogens with zero attached hydrogens (tertiary/aromatic N) is 2. The van der Waals surface area contributed by atoms with Crippen LogP contribution in [0.4, 0.5) is 5.69 Å². The van der Waals surface area contributed by atoms with Crippen LogP contribution in [0.3, 0.4) is 0 Å². The van der Waals surface area contributed by atoms with E-state index in [-0.39, 0.29) is 31.3 Å². The summed E-state index contributed by atoms with van der Waals surface area (Å²) in [6.45, 7) is 2.21. The van der Waals surface area contributed by atoms with Crippen molar-refractivity contribution in [2.75, 3.05) is 17.9 Å². The first kappa shape index (κ1) is 25.0. The maximum Gasteiger partial charge on any atom is 0.265 e. The van der Waals surface area contributed by atoms with Gasteiger partial charge in [-0.15, -0.1) is 0 Å². The molecule has 1 N–H and O–H groups in total. The number of carbonyl (C=O) groups excluding carboxylic acids is 2. The minimum atomic E-state index is -3.68. The van der Waals surface area contributed by atoms with Crippen LogP contribution in [-0.2, 0) is 26.2 Å². The molecule has 2 amide bonds. The summed E-state index contributed by atoms with van der Waals surface area (Å²) in [6, 6.07) is 17.3. The van der Waals surface area contributed by atoms with Crippen molar-refractivity contribution in [3.63, 3.8) is 0 Å². The third-order valence-corrected chi connectivity index (χ3v) is 8.59. The quantitative estimate of drug-likeness (QED) is 0.461. The zero-order chi connectivity index (χ0) is 25.2. The van der Waals surface area contributed by atoms with Crippen molar-refractivity contribution in [2.45, 2.75) is 43.7 Å². The number of likely N-dealkylation sites (N-methyl/N-ethyl adjacent to an activating group) is 1. The molecule has 0 fully saturated rings. The topological polar surface area (TPSA) is 86.8 Å². The SMILES string of the molecule is CC[C@H](C(=O)NC)N(Cc1ccccc1Cl)C(=O)CCCN1c2cccc3cccc(c23)S1(=O)=O. The van der Waals surface area contributed by atoms with Gasteiger partial charge < -0.3 is 10.2 Å². The van der Waals surface area contributed by atoms with Crippen molar-refractivity contribution in [2.24, 2.45) is 0 Å². The fourth-order valence-corrected chi connectivity index (χ4v) is 6.56. The zero-order valence-electron chi connectivity index (χ0n) is 19.7. The van der Waals surface area contributed by atoms with Gasteiger partial charge in [0.05, 0.1) is 10.6 Å². The first-order chi connectivity index (χ1) is 16.8. The Balaban J connectivity index is 1.53. The van der Waals surface area contributed by atoms with Gasteiger partial charge in [-0.3, -0.25) is 13.9 Å². The Morgan fingerprint density at radius 1 is 1.06 bits per heavy atom. The molecule has 1 aliphatic rings. The zero-order valence-corrected chi connectivity index (χ0v) is 21.3. The number of hydrogen-bond acceptors (Lipinski definition) is 4. The van der Waals surface area contributed by atoms with Crippen molar-refractivity contribution in [3.8, 4) is 0 Å². The number of anilines is 1. The molecule has 1 heterocycles. The van der Waals surface area contributed by atoms with Gasteiger partial charge in [-0.1, -0.05) is 61.0 Å². The van der Waals surface area contributed by atoms with Crippen molar-refractivity contribution < 1.29 is 18.0 Å². The second kappa shape index (κ2) is 10.3. The van der Waals surface area contributed by atoms with Gasteiger partial charge in [0.1, 0.15) is 6.04 Å². The highest BCUT2D eigenvalue weighted by Gasteiger charge is 2.35. The van der Waals surface area contributed by atoms with E-state index in [1.807, 2.05) is 43.3 Å². The number of benzene rings is 3. The summed E-state index contributed by atoms with van der Waals surface area (Å²) in [5.74, 6) is -0.482. The van der Waals surface area contributed by atoms with E-state index < -0.39 is 16.1 Å². The second-order valence-corrected chi connectivity index (χ2v) is 10.7. The normalized spacial score (nSPS) is 14.7. The van der Waals surface area contributed by atoms with Crippen LogP contribution in [0.25, 0.3) is 10.8 Å². The molecule has 0 spiro atoms. The molecular weight excluding hydrogens is 486 g/mol. The van der Waals surface area contributed by atoms with Gasteiger partial charge in [-0.05, 0) is 42.0 Å². The van der Waals surface area contributed by atoms with Crippen LogP contribution in [0.2, 0.25) is 5.02 Å². The Bertz CT molecular complexity index is 1370. The highest BCUT2D eigenvalue weighted by atomic mass is 35.5. The third-order valence-electron chi connectivity index (χ3n) is 6.36. The number of halogens is 1. The van der Waals surface area contributed by atoms with Gasteiger partial charge in [0.2, 0.25) is 11.8 Å². The Morgan fingerprint density at radius 2 is 1.77 bits per heavy atom. The Kier molecular flexibility index (Phi) is 7.33.